The van der Waals surface area contributed by atoms with Gasteiger partial charge in [0.1, 0.15) is 0 Å². The van der Waals surface area contributed by atoms with Crippen molar-refractivity contribution in [3.05, 3.63) is 39.5 Å². The maximum atomic E-state index is 10.9. The molecule has 0 aromatic heterocycles. The third-order valence-electron chi connectivity index (χ3n) is 1.43. The number of hydrogen-bond acceptors (Lipinski definition) is 1. The predicted octanol–water partition coefficient (Wildman–Crippen LogP) is 3.05. The number of allylic oxidation sites excluding steroid dienone is 1. The lowest BCUT2D eigenvalue weighted by atomic mass is 10.2. The Labute approximate surface area is 85.6 Å². The smallest absolute Gasteiger partial charge is 0.165 e. The van der Waals surface area contributed by atoms with E-state index in [1.807, 2.05) is 59.0 Å². The van der Waals surface area contributed by atoms with E-state index in [2.05, 4.69) is 0 Å². The van der Waals surface area contributed by atoms with Gasteiger partial charge in [-0.25, -0.2) is 0 Å². The van der Waals surface area contributed by atoms with E-state index in [9.17, 15) is 4.79 Å². The standard InChI is InChI=1S/C10H9IO/c1-8(12)10(11)7-9-5-3-2-4-6-9/h2-7H,1H3. The highest BCUT2D eigenvalue weighted by molar-refractivity contribution is 14.1. The zero-order valence-corrected chi connectivity index (χ0v) is 8.91. The minimum Gasteiger partial charge on any atom is -0.294 e. The maximum absolute atomic E-state index is 10.9. The molecule has 62 valence electrons. The monoisotopic (exact) mass is 272 g/mol. The maximum Gasteiger partial charge on any atom is 0.165 e. The predicted molar refractivity (Wildman–Crippen MR) is 59.1 cm³/mol. The van der Waals surface area contributed by atoms with Crippen molar-refractivity contribution in [1.29, 1.82) is 0 Å². The Morgan fingerprint density at radius 1 is 1.33 bits per heavy atom. The first-order valence-corrected chi connectivity index (χ1v) is 4.71. The van der Waals surface area contributed by atoms with Crippen molar-refractivity contribution < 1.29 is 4.79 Å². The summed E-state index contributed by atoms with van der Waals surface area (Å²) in [7, 11) is 0. The van der Waals surface area contributed by atoms with Crippen molar-refractivity contribution in [2.24, 2.45) is 0 Å². The third-order valence-corrected chi connectivity index (χ3v) is 2.50. The fourth-order valence-corrected chi connectivity index (χ4v) is 1.16. The molecule has 0 saturated heterocycles. The van der Waals surface area contributed by atoms with Crippen LogP contribution in [-0.2, 0) is 4.79 Å². The van der Waals surface area contributed by atoms with Crippen molar-refractivity contribution >= 4 is 34.5 Å². The van der Waals surface area contributed by atoms with Crippen LogP contribution in [0, 0.1) is 0 Å². The Kier molecular flexibility index (Phi) is 3.47. The molecule has 12 heavy (non-hydrogen) atoms. The van der Waals surface area contributed by atoms with Crippen LogP contribution in [0.25, 0.3) is 6.08 Å². The largest absolute Gasteiger partial charge is 0.294 e. The normalized spacial score (nSPS) is 11.3. The molecule has 0 spiro atoms. The lowest BCUT2D eigenvalue weighted by molar-refractivity contribution is -0.112. The molecule has 0 saturated carbocycles. The molecule has 0 atom stereocenters. The molecule has 2 heteroatoms. The van der Waals surface area contributed by atoms with E-state index in [1.54, 1.807) is 6.92 Å². The number of ketones is 1. The Balaban J connectivity index is 2.89. The Bertz CT molecular complexity index is 301. The summed E-state index contributed by atoms with van der Waals surface area (Å²) in [5.74, 6) is 0.111. The topological polar surface area (TPSA) is 17.1 Å². The first-order chi connectivity index (χ1) is 5.70. The molecule has 0 N–H and O–H groups in total. The molecule has 0 unspecified atom stereocenters. The van der Waals surface area contributed by atoms with E-state index in [-0.39, 0.29) is 5.78 Å². The fraction of sp³-hybridized carbons (Fsp3) is 0.100. The first kappa shape index (κ1) is 9.45. The van der Waals surface area contributed by atoms with E-state index >= 15 is 0 Å². The molecular weight excluding hydrogens is 263 g/mol. The molecule has 1 aromatic carbocycles. The van der Waals surface area contributed by atoms with Crippen LogP contribution in [0.2, 0.25) is 0 Å². The lowest BCUT2D eigenvalue weighted by Crippen LogP contribution is -1.86. The summed E-state index contributed by atoms with van der Waals surface area (Å²) in [6.45, 7) is 1.57. The highest BCUT2D eigenvalue weighted by Gasteiger charge is 1.96. The van der Waals surface area contributed by atoms with Gasteiger partial charge in [-0.3, -0.25) is 4.79 Å². The summed E-state index contributed by atoms with van der Waals surface area (Å²) in [4.78, 5) is 10.9. The van der Waals surface area contributed by atoms with Crippen molar-refractivity contribution in [3.8, 4) is 0 Å². The van der Waals surface area contributed by atoms with Gasteiger partial charge in [-0.15, -0.1) is 0 Å². The number of halogens is 1. The van der Waals surface area contributed by atoms with Crippen molar-refractivity contribution in [2.75, 3.05) is 0 Å². The summed E-state index contributed by atoms with van der Waals surface area (Å²) >= 11 is 2.05. The van der Waals surface area contributed by atoms with Crippen molar-refractivity contribution in [2.45, 2.75) is 6.92 Å². The van der Waals surface area contributed by atoms with Crippen molar-refractivity contribution in [3.63, 3.8) is 0 Å². The van der Waals surface area contributed by atoms with Gasteiger partial charge in [0.15, 0.2) is 5.78 Å². The summed E-state index contributed by atoms with van der Waals surface area (Å²) in [6, 6.07) is 9.81. The summed E-state index contributed by atoms with van der Waals surface area (Å²) in [5, 5.41) is 0. The molecule has 0 radical (unpaired) electrons. The average molecular weight is 272 g/mol. The number of benzene rings is 1. The van der Waals surface area contributed by atoms with Crippen LogP contribution in [0.1, 0.15) is 12.5 Å². The van der Waals surface area contributed by atoms with Crippen LogP contribution in [0.15, 0.2) is 33.9 Å². The second-order valence-corrected chi connectivity index (χ2v) is 3.62. The number of Topliss-reactive ketones (excluding diaryl/α,β-unsaturated/α-hetero) is 1. The highest BCUT2D eigenvalue weighted by atomic mass is 127. The van der Waals surface area contributed by atoms with E-state index in [1.165, 1.54) is 0 Å². The van der Waals surface area contributed by atoms with Crippen LogP contribution in [0.3, 0.4) is 0 Å². The summed E-state index contributed by atoms with van der Waals surface area (Å²) in [6.07, 6.45) is 1.88. The molecule has 1 aromatic rings. The van der Waals surface area contributed by atoms with E-state index in [0.717, 1.165) is 9.14 Å². The Morgan fingerprint density at radius 2 is 1.92 bits per heavy atom. The van der Waals surface area contributed by atoms with Gasteiger partial charge < -0.3 is 0 Å². The van der Waals surface area contributed by atoms with Gasteiger partial charge >= 0.3 is 0 Å². The number of carbonyl (C=O) groups excluding carboxylic acids is 1. The SMILES string of the molecule is CC(=O)C(I)=Cc1ccccc1. The molecular formula is C10H9IO. The average Bonchev–Trinajstić information content (AvgIpc) is 2.06. The van der Waals surface area contributed by atoms with Crippen LogP contribution in [0.4, 0.5) is 0 Å². The van der Waals surface area contributed by atoms with Crippen LogP contribution in [-0.4, -0.2) is 5.78 Å². The zero-order chi connectivity index (χ0) is 8.97. The van der Waals surface area contributed by atoms with Crippen LogP contribution in [0.5, 0.6) is 0 Å². The Morgan fingerprint density at radius 3 is 2.42 bits per heavy atom. The number of carbonyl (C=O) groups is 1. The second kappa shape index (κ2) is 4.40. The highest BCUT2D eigenvalue weighted by Crippen LogP contribution is 2.12. The van der Waals surface area contributed by atoms with Gasteiger partial charge in [0.05, 0.1) is 3.58 Å². The molecule has 0 aliphatic carbocycles. The minimum atomic E-state index is 0.111. The van der Waals surface area contributed by atoms with Gasteiger partial charge in [-0.05, 0) is 41.2 Å². The molecule has 0 bridgehead atoms. The van der Waals surface area contributed by atoms with E-state index < -0.39 is 0 Å². The molecule has 1 rings (SSSR count). The van der Waals surface area contributed by atoms with Gasteiger partial charge in [-0.1, -0.05) is 30.3 Å². The zero-order valence-electron chi connectivity index (χ0n) is 6.75. The van der Waals surface area contributed by atoms with Crippen LogP contribution >= 0.6 is 22.6 Å². The number of hydrogen-bond donors (Lipinski definition) is 0. The molecule has 1 nitrogen and oxygen atoms in total. The fourth-order valence-electron chi connectivity index (χ4n) is 0.797. The third kappa shape index (κ3) is 2.77. The molecule has 0 amide bonds. The minimum absolute atomic E-state index is 0.111. The summed E-state index contributed by atoms with van der Waals surface area (Å²) < 4.78 is 0.763. The summed E-state index contributed by atoms with van der Waals surface area (Å²) in [5.41, 5.74) is 1.07. The van der Waals surface area contributed by atoms with Gasteiger partial charge in [0.2, 0.25) is 0 Å². The lowest BCUT2D eigenvalue weighted by Gasteiger charge is -1.93. The van der Waals surface area contributed by atoms with Crippen LogP contribution < -0.4 is 0 Å². The first-order valence-electron chi connectivity index (χ1n) is 3.63. The van der Waals surface area contributed by atoms with Crippen molar-refractivity contribution in [1.82, 2.24) is 0 Å². The quantitative estimate of drug-likeness (QED) is 0.597. The van der Waals surface area contributed by atoms with Gasteiger partial charge in [0.25, 0.3) is 0 Å². The second-order valence-electron chi connectivity index (χ2n) is 2.46. The van der Waals surface area contributed by atoms with E-state index in [4.69, 9.17) is 0 Å². The molecule has 0 heterocycles. The van der Waals surface area contributed by atoms with Gasteiger partial charge in [0, 0.05) is 0 Å². The molecule has 0 aliphatic heterocycles. The Hall–Kier alpha value is -0.640. The number of rotatable bonds is 2. The molecule has 0 fully saturated rings. The van der Waals surface area contributed by atoms with Gasteiger partial charge in [-0.2, -0.15) is 0 Å². The molecule has 0 aliphatic rings. The van der Waals surface area contributed by atoms with E-state index in [0.29, 0.717) is 0 Å².